The second kappa shape index (κ2) is 7.31. The zero-order valence-electron chi connectivity index (χ0n) is 12.3. The molecular formula is C14H26N4. The van der Waals surface area contributed by atoms with Crippen molar-refractivity contribution in [3.8, 4) is 0 Å². The summed E-state index contributed by atoms with van der Waals surface area (Å²) in [6.45, 7) is 13.5. The van der Waals surface area contributed by atoms with Gasteiger partial charge in [-0.2, -0.15) is 0 Å². The average Bonchev–Trinajstić information content (AvgIpc) is 2.38. The van der Waals surface area contributed by atoms with Crippen LogP contribution in [0.5, 0.6) is 0 Å². The zero-order chi connectivity index (χ0) is 13.5. The molecule has 18 heavy (non-hydrogen) atoms. The van der Waals surface area contributed by atoms with E-state index in [9.17, 15) is 0 Å². The molecule has 0 amide bonds. The fourth-order valence-corrected chi connectivity index (χ4v) is 2.01. The van der Waals surface area contributed by atoms with Crippen LogP contribution in [0.25, 0.3) is 0 Å². The first-order valence-corrected chi connectivity index (χ1v) is 6.93. The zero-order valence-corrected chi connectivity index (χ0v) is 12.3. The number of hydrogen-bond acceptors (Lipinski definition) is 4. The molecule has 0 bridgehead atoms. The van der Waals surface area contributed by atoms with Gasteiger partial charge >= 0.3 is 0 Å². The topological polar surface area (TPSA) is 41.1 Å². The van der Waals surface area contributed by atoms with Crippen molar-refractivity contribution in [3.63, 3.8) is 0 Å². The summed E-state index contributed by atoms with van der Waals surface area (Å²) >= 11 is 0. The molecule has 1 unspecified atom stereocenters. The van der Waals surface area contributed by atoms with Crippen LogP contribution >= 0.6 is 0 Å². The van der Waals surface area contributed by atoms with Crippen molar-refractivity contribution in [1.29, 1.82) is 0 Å². The van der Waals surface area contributed by atoms with E-state index < -0.39 is 0 Å². The maximum Gasteiger partial charge on any atom is 0.137 e. The molecule has 102 valence electrons. The van der Waals surface area contributed by atoms with Crippen molar-refractivity contribution in [1.82, 2.24) is 15.3 Å². The van der Waals surface area contributed by atoms with Crippen LogP contribution in [0.15, 0.2) is 6.20 Å². The van der Waals surface area contributed by atoms with E-state index in [0.29, 0.717) is 6.04 Å². The second-order valence-corrected chi connectivity index (χ2v) is 4.59. The monoisotopic (exact) mass is 250 g/mol. The third-order valence-corrected chi connectivity index (χ3v) is 3.26. The largest absolute Gasteiger partial charge is 0.354 e. The summed E-state index contributed by atoms with van der Waals surface area (Å²) in [5.41, 5.74) is 1.18. The van der Waals surface area contributed by atoms with Gasteiger partial charge < -0.3 is 10.2 Å². The quantitative estimate of drug-likeness (QED) is 0.807. The van der Waals surface area contributed by atoms with Gasteiger partial charge in [0.25, 0.3) is 0 Å². The number of rotatable bonds is 7. The molecule has 1 N–H and O–H groups in total. The molecule has 0 aromatic carbocycles. The number of aryl methyl sites for hydroxylation is 1. The molecule has 0 saturated heterocycles. The van der Waals surface area contributed by atoms with Gasteiger partial charge in [0.1, 0.15) is 11.6 Å². The van der Waals surface area contributed by atoms with E-state index in [0.717, 1.165) is 37.7 Å². The molecule has 0 aliphatic carbocycles. The van der Waals surface area contributed by atoms with Gasteiger partial charge in [0, 0.05) is 30.9 Å². The predicted molar refractivity (Wildman–Crippen MR) is 76.9 cm³/mol. The molecule has 1 heterocycles. The van der Waals surface area contributed by atoms with E-state index in [1.54, 1.807) is 0 Å². The molecule has 0 aliphatic rings. The van der Waals surface area contributed by atoms with Crippen molar-refractivity contribution >= 4 is 5.82 Å². The molecule has 0 fully saturated rings. The number of aromatic nitrogens is 2. The fraction of sp³-hybridized carbons (Fsp3) is 0.714. The summed E-state index contributed by atoms with van der Waals surface area (Å²) < 4.78 is 0. The molecule has 0 saturated carbocycles. The molecule has 0 radical (unpaired) electrons. The fourth-order valence-electron chi connectivity index (χ4n) is 2.01. The second-order valence-electron chi connectivity index (χ2n) is 4.59. The lowest BCUT2D eigenvalue weighted by Gasteiger charge is -2.30. The first-order chi connectivity index (χ1) is 8.63. The van der Waals surface area contributed by atoms with Gasteiger partial charge in [0.2, 0.25) is 0 Å². The van der Waals surface area contributed by atoms with Crippen LogP contribution in [0.1, 0.15) is 45.5 Å². The van der Waals surface area contributed by atoms with E-state index in [4.69, 9.17) is 0 Å². The molecule has 1 rings (SSSR count). The maximum absolute atomic E-state index is 4.64. The Hall–Kier alpha value is -1.16. The summed E-state index contributed by atoms with van der Waals surface area (Å²) in [5.74, 6) is 1.92. The normalized spacial score (nSPS) is 12.5. The van der Waals surface area contributed by atoms with E-state index in [-0.39, 0.29) is 0 Å². The van der Waals surface area contributed by atoms with Gasteiger partial charge in [-0.3, -0.25) is 0 Å². The van der Waals surface area contributed by atoms with Crippen LogP contribution < -0.4 is 10.2 Å². The minimum Gasteiger partial charge on any atom is -0.354 e. The van der Waals surface area contributed by atoms with Gasteiger partial charge in [-0.1, -0.05) is 13.8 Å². The third-order valence-electron chi connectivity index (χ3n) is 3.26. The summed E-state index contributed by atoms with van der Waals surface area (Å²) in [6.07, 6.45) is 3.07. The van der Waals surface area contributed by atoms with Crippen molar-refractivity contribution in [2.75, 3.05) is 18.0 Å². The minimum atomic E-state index is 0.504. The van der Waals surface area contributed by atoms with Gasteiger partial charge in [0.15, 0.2) is 0 Å². The maximum atomic E-state index is 4.64. The first kappa shape index (κ1) is 14.9. The van der Waals surface area contributed by atoms with Gasteiger partial charge in [-0.15, -0.1) is 0 Å². The van der Waals surface area contributed by atoms with Crippen molar-refractivity contribution in [2.24, 2.45) is 0 Å². The number of nitrogens with one attached hydrogen (secondary N) is 1. The summed E-state index contributed by atoms with van der Waals surface area (Å²) in [5, 5.41) is 3.35. The number of anilines is 1. The Balaban J connectivity index is 3.05. The van der Waals surface area contributed by atoms with Crippen molar-refractivity contribution in [3.05, 3.63) is 17.6 Å². The molecule has 1 aromatic heterocycles. The lowest BCUT2D eigenvalue weighted by molar-refractivity contribution is 0.613. The van der Waals surface area contributed by atoms with Crippen LogP contribution in [0.4, 0.5) is 5.82 Å². The smallest absolute Gasteiger partial charge is 0.137 e. The Labute approximate surface area is 111 Å². The van der Waals surface area contributed by atoms with Gasteiger partial charge in [0.05, 0.1) is 0 Å². The Morgan fingerprint density at radius 1 is 1.33 bits per heavy atom. The molecule has 0 spiro atoms. The third kappa shape index (κ3) is 3.67. The van der Waals surface area contributed by atoms with E-state index in [1.807, 2.05) is 13.1 Å². The summed E-state index contributed by atoms with van der Waals surface area (Å²) in [6, 6.07) is 0.504. The Morgan fingerprint density at radius 3 is 2.61 bits per heavy atom. The average molecular weight is 250 g/mol. The Kier molecular flexibility index (Phi) is 6.05. The van der Waals surface area contributed by atoms with Crippen LogP contribution in [0.2, 0.25) is 0 Å². The molecule has 0 aliphatic heterocycles. The number of hydrogen-bond donors (Lipinski definition) is 1. The minimum absolute atomic E-state index is 0.504. The first-order valence-electron chi connectivity index (χ1n) is 6.93. The van der Waals surface area contributed by atoms with E-state index >= 15 is 0 Å². The van der Waals surface area contributed by atoms with E-state index in [1.165, 1.54) is 5.56 Å². The molecule has 1 aromatic rings. The standard InChI is InChI=1S/C14H26N4/c1-6-11(4)18(8-3)14-13(9-15-7-2)10-16-12(5)17-14/h10-11,15H,6-9H2,1-5H3. The van der Waals surface area contributed by atoms with Crippen LogP contribution in [0.3, 0.4) is 0 Å². The predicted octanol–water partition coefficient (Wildman–Crippen LogP) is 2.52. The van der Waals surface area contributed by atoms with Crippen LogP contribution in [-0.4, -0.2) is 29.1 Å². The van der Waals surface area contributed by atoms with Crippen LogP contribution in [-0.2, 0) is 6.54 Å². The number of nitrogens with zero attached hydrogens (tertiary/aromatic N) is 3. The molecular weight excluding hydrogens is 224 g/mol. The molecule has 1 atom stereocenters. The molecule has 4 heteroatoms. The highest BCUT2D eigenvalue weighted by Crippen LogP contribution is 2.20. The lowest BCUT2D eigenvalue weighted by atomic mass is 10.2. The van der Waals surface area contributed by atoms with Crippen molar-refractivity contribution < 1.29 is 0 Å². The Morgan fingerprint density at radius 2 is 2.06 bits per heavy atom. The highest BCUT2D eigenvalue weighted by Gasteiger charge is 2.16. The molecule has 4 nitrogen and oxygen atoms in total. The Bertz CT molecular complexity index is 365. The van der Waals surface area contributed by atoms with Gasteiger partial charge in [-0.05, 0) is 33.7 Å². The van der Waals surface area contributed by atoms with Gasteiger partial charge in [-0.25, -0.2) is 9.97 Å². The summed E-state index contributed by atoms with van der Waals surface area (Å²) in [4.78, 5) is 11.3. The van der Waals surface area contributed by atoms with Crippen LogP contribution in [0, 0.1) is 6.92 Å². The highest BCUT2D eigenvalue weighted by molar-refractivity contribution is 5.47. The summed E-state index contributed by atoms with van der Waals surface area (Å²) in [7, 11) is 0. The SMILES string of the molecule is CCNCc1cnc(C)nc1N(CC)C(C)CC. The highest BCUT2D eigenvalue weighted by atomic mass is 15.2. The van der Waals surface area contributed by atoms with E-state index in [2.05, 4.69) is 47.9 Å². The van der Waals surface area contributed by atoms with Crippen molar-refractivity contribution in [2.45, 2.75) is 53.6 Å². The lowest BCUT2D eigenvalue weighted by Crippen LogP contribution is -2.34.